The van der Waals surface area contributed by atoms with Crippen LogP contribution in [0.4, 0.5) is 0 Å². The van der Waals surface area contributed by atoms with Crippen LogP contribution in [-0.2, 0) is 4.79 Å². The summed E-state index contributed by atoms with van der Waals surface area (Å²) in [5.41, 5.74) is 0.299. The van der Waals surface area contributed by atoms with Crippen molar-refractivity contribution >= 4 is 5.97 Å². The van der Waals surface area contributed by atoms with Crippen LogP contribution < -0.4 is 5.32 Å². The Morgan fingerprint density at radius 1 is 1.55 bits per heavy atom. The maximum atomic E-state index is 9.99. The van der Waals surface area contributed by atoms with Crippen LogP contribution in [0.3, 0.4) is 0 Å². The quantitative estimate of drug-likeness (QED) is 0.609. The van der Waals surface area contributed by atoms with Gasteiger partial charge in [-0.3, -0.25) is 0 Å². The predicted octanol–water partition coefficient (Wildman–Crippen LogP) is 1.26. The van der Waals surface area contributed by atoms with Gasteiger partial charge in [-0.2, -0.15) is 0 Å². The Hall–Kier alpha value is -0.830. The van der Waals surface area contributed by atoms with Gasteiger partial charge in [0.05, 0.1) is 0 Å². The molecule has 3 heteroatoms. The molecule has 0 unspecified atom stereocenters. The lowest BCUT2D eigenvalue weighted by Crippen LogP contribution is -1.97. The molecule has 0 bridgehead atoms. The minimum absolute atomic E-state index is 0.299. The van der Waals surface area contributed by atoms with Crippen molar-refractivity contribution in [3.8, 4) is 0 Å². The van der Waals surface area contributed by atoms with Crippen LogP contribution in [0.2, 0.25) is 0 Å². The molecular formula is C8H17NO2. The molecule has 0 aliphatic carbocycles. The summed E-state index contributed by atoms with van der Waals surface area (Å²) in [6.45, 7) is 5.27. The number of carboxylic acids is 1. The summed E-state index contributed by atoms with van der Waals surface area (Å²) in [5, 5.41) is 11.0. The predicted molar refractivity (Wildman–Crippen MR) is 46.7 cm³/mol. The summed E-state index contributed by atoms with van der Waals surface area (Å²) >= 11 is 0. The Morgan fingerprint density at radius 3 is 2.00 bits per heavy atom. The molecule has 66 valence electrons. The van der Waals surface area contributed by atoms with Gasteiger partial charge in [-0.25, -0.2) is 4.79 Å². The van der Waals surface area contributed by atoms with Crippen LogP contribution in [-0.4, -0.2) is 25.2 Å². The van der Waals surface area contributed by atoms with Crippen LogP contribution in [0.25, 0.3) is 0 Å². The van der Waals surface area contributed by atoms with E-state index in [0.717, 1.165) is 6.42 Å². The van der Waals surface area contributed by atoms with Gasteiger partial charge in [0.15, 0.2) is 0 Å². The third-order valence-electron chi connectivity index (χ3n) is 0.854. The zero-order chi connectivity index (χ0) is 9.28. The van der Waals surface area contributed by atoms with Gasteiger partial charge in [0.25, 0.3) is 0 Å². The molecule has 0 aromatic heterocycles. The number of rotatable bonds is 3. The second-order valence-corrected chi connectivity index (χ2v) is 2.16. The largest absolute Gasteiger partial charge is 0.478 e. The van der Waals surface area contributed by atoms with Crippen molar-refractivity contribution < 1.29 is 9.90 Å². The van der Waals surface area contributed by atoms with E-state index in [1.165, 1.54) is 0 Å². The molecule has 11 heavy (non-hydrogen) atoms. The van der Waals surface area contributed by atoms with Gasteiger partial charge in [0.2, 0.25) is 0 Å². The molecule has 0 aliphatic heterocycles. The molecule has 0 saturated carbocycles. The minimum atomic E-state index is -0.883. The molecule has 0 saturated heterocycles. The van der Waals surface area contributed by atoms with Crippen molar-refractivity contribution in [2.75, 3.05) is 14.1 Å². The Bertz CT molecular complexity index is 121. The van der Waals surface area contributed by atoms with E-state index < -0.39 is 5.97 Å². The van der Waals surface area contributed by atoms with Gasteiger partial charge in [-0.05, 0) is 20.5 Å². The molecule has 3 nitrogen and oxygen atoms in total. The van der Waals surface area contributed by atoms with Gasteiger partial charge < -0.3 is 10.4 Å². The monoisotopic (exact) mass is 159 g/mol. The smallest absolute Gasteiger partial charge is 0.330 e. The van der Waals surface area contributed by atoms with Gasteiger partial charge >= 0.3 is 5.97 Å². The maximum absolute atomic E-state index is 9.99. The van der Waals surface area contributed by atoms with E-state index in [2.05, 4.69) is 11.9 Å². The Labute approximate surface area is 68.1 Å². The van der Waals surface area contributed by atoms with Crippen molar-refractivity contribution in [3.63, 3.8) is 0 Å². The number of hydrogen-bond acceptors (Lipinski definition) is 2. The van der Waals surface area contributed by atoms with Crippen LogP contribution in [0.15, 0.2) is 12.2 Å². The molecule has 0 spiro atoms. The minimum Gasteiger partial charge on any atom is -0.478 e. The lowest BCUT2D eigenvalue weighted by molar-refractivity contribution is -0.132. The molecule has 0 heterocycles. The Kier molecular flexibility index (Phi) is 10.7. The Morgan fingerprint density at radius 2 is 1.91 bits per heavy atom. The highest BCUT2D eigenvalue weighted by atomic mass is 16.4. The third kappa shape index (κ3) is 12.4. The van der Waals surface area contributed by atoms with E-state index in [-0.39, 0.29) is 0 Å². The zero-order valence-electron chi connectivity index (χ0n) is 7.48. The van der Waals surface area contributed by atoms with Crippen LogP contribution >= 0.6 is 0 Å². The lowest BCUT2D eigenvalue weighted by Gasteiger charge is -1.92. The van der Waals surface area contributed by atoms with Gasteiger partial charge in [-0.1, -0.05) is 19.9 Å². The van der Waals surface area contributed by atoms with E-state index in [4.69, 9.17) is 5.11 Å². The van der Waals surface area contributed by atoms with Crippen molar-refractivity contribution in [1.29, 1.82) is 0 Å². The van der Waals surface area contributed by atoms with E-state index in [1.54, 1.807) is 0 Å². The molecule has 0 aromatic rings. The number of hydrogen-bond donors (Lipinski definition) is 2. The summed E-state index contributed by atoms with van der Waals surface area (Å²) in [4.78, 5) is 9.99. The van der Waals surface area contributed by atoms with Gasteiger partial charge in [0.1, 0.15) is 0 Å². The molecular weight excluding hydrogens is 142 g/mol. The van der Waals surface area contributed by atoms with E-state index in [1.807, 2.05) is 21.0 Å². The molecule has 0 fully saturated rings. The molecule has 0 radical (unpaired) electrons. The highest BCUT2D eigenvalue weighted by molar-refractivity contribution is 5.85. The highest BCUT2D eigenvalue weighted by Gasteiger charge is 1.99. The van der Waals surface area contributed by atoms with Crippen LogP contribution in [0, 0.1) is 0 Å². The van der Waals surface area contributed by atoms with Crippen LogP contribution in [0.5, 0.6) is 0 Å². The normalized spacial score (nSPS) is 7.91. The number of carboxylic acid groups (broad SMARTS) is 1. The molecule has 0 atom stereocenters. The fraction of sp³-hybridized carbons (Fsp3) is 0.625. The van der Waals surface area contributed by atoms with E-state index in [9.17, 15) is 4.79 Å². The standard InChI is InChI=1S/C6H10O2.C2H7N/c1-3-4-5(2)6(7)8;1-3-2/h2-4H2,1H3,(H,7,8);3H,1-2H3. The van der Waals surface area contributed by atoms with Crippen molar-refractivity contribution in [2.24, 2.45) is 0 Å². The number of aliphatic carboxylic acids is 1. The van der Waals surface area contributed by atoms with Crippen molar-refractivity contribution in [1.82, 2.24) is 5.32 Å². The third-order valence-corrected chi connectivity index (χ3v) is 0.854. The second-order valence-electron chi connectivity index (χ2n) is 2.16. The fourth-order valence-electron chi connectivity index (χ4n) is 0.409. The molecule has 0 rings (SSSR count). The number of carbonyl (C=O) groups is 1. The first-order valence-corrected chi connectivity index (χ1v) is 3.59. The average molecular weight is 159 g/mol. The van der Waals surface area contributed by atoms with E-state index >= 15 is 0 Å². The summed E-state index contributed by atoms with van der Waals surface area (Å²) < 4.78 is 0. The topological polar surface area (TPSA) is 49.3 Å². The molecule has 0 aromatic carbocycles. The van der Waals surface area contributed by atoms with Crippen LogP contribution in [0.1, 0.15) is 19.8 Å². The maximum Gasteiger partial charge on any atom is 0.330 e. The van der Waals surface area contributed by atoms with Crippen molar-refractivity contribution in [3.05, 3.63) is 12.2 Å². The van der Waals surface area contributed by atoms with E-state index in [0.29, 0.717) is 12.0 Å². The highest BCUT2D eigenvalue weighted by Crippen LogP contribution is 1.99. The summed E-state index contributed by atoms with van der Waals surface area (Å²) in [6.07, 6.45) is 1.44. The summed E-state index contributed by atoms with van der Waals surface area (Å²) in [7, 11) is 3.75. The van der Waals surface area contributed by atoms with Gasteiger partial charge in [0, 0.05) is 5.57 Å². The van der Waals surface area contributed by atoms with Gasteiger partial charge in [-0.15, -0.1) is 0 Å². The molecule has 2 N–H and O–H groups in total. The lowest BCUT2D eigenvalue weighted by atomic mass is 10.2. The second kappa shape index (κ2) is 9.17. The summed E-state index contributed by atoms with van der Waals surface area (Å²) in [6, 6.07) is 0. The summed E-state index contributed by atoms with van der Waals surface area (Å²) in [5.74, 6) is -0.883. The molecule has 0 aliphatic rings. The first-order chi connectivity index (χ1) is 5.09. The Balaban J connectivity index is 0. The first kappa shape index (κ1) is 12.8. The zero-order valence-corrected chi connectivity index (χ0v) is 7.48. The van der Waals surface area contributed by atoms with Crippen molar-refractivity contribution in [2.45, 2.75) is 19.8 Å². The molecule has 0 amide bonds. The SMILES string of the molecule is C=C(CCC)C(=O)O.CNC. The number of nitrogens with one attached hydrogen (secondary N) is 1. The first-order valence-electron chi connectivity index (χ1n) is 3.59. The fourth-order valence-corrected chi connectivity index (χ4v) is 0.409. The average Bonchev–Trinajstić information content (AvgIpc) is 1.90.